The Labute approximate surface area is 222 Å². The lowest BCUT2D eigenvalue weighted by atomic mass is 9.89. The number of benzene rings is 2. The fourth-order valence-corrected chi connectivity index (χ4v) is 4.68. The van der Waals surface area contributed by atoms with E-state index < -0.39 is 18.1 Å². The predicted molar refractivity (Wildman–Crippen MR) is 144 cm³/mol. The maximum absolute atomic E-state index is 12.8. The number of aliphatic imine (C=N–C) groups is 1. The lowest BCUT2D eigenvalue weighted by molar-refractivity contribution is -0.140. The van der Waals surface area contributed by atoms with Crippen LogP contribution in [-0.4, -0.2) is 66.2 Å². The molecule has 1 unspecified atom stereocenters. The summed E-state index contributed by atoms with van der Waals surface area (Å²) in [5.41, 5.74) is 3.01. The number of hydrogen-bond donors (Lipinski definition) is 4. The minimum atomic E-state index is -1.20. The van der Waals surface area contributed by atoms with Gasteiger partial charge < -0.3 is 30.7 Å². The summed E-state index contributed by atoms with van der Waals surface area (Å²) < 4.78 is 5.11. The highest BCUT2D eigenvalue weighted by Crippen LogP contribution is 2.30. The van der Waals surface area contributed by atoms with Crippen molar-refractivity contribution in [3.8, 4) is 0 Å². The smallest absolute Gasteiger partial charge is 0.408 e. The summed E-state index contributed by atoms with van der Waals surface area (Å²) in [7, 11) is 0. The quantitative estimate of drug-likeness (QED) is 0.398. The molecule has 2 aromatic carbocycles. The number of piperidine rings is 1. The van der Waals surface area contributed by atoms with E-state index in [2.05, 4.69) is 33.1 Å². The molecule has 0 spiro atoms. The van der Waals surface area contributed by atoms with E-state index in [1.807, 2.05) is 42.5 Å². The molecule has 0 radical (unpaired) electrons. The van der Waals surface area contributed by atoms with E-state index in [1.54, 1.807) is 4.90 Å². The molecule has 0 aliphatic carbocycles. The van der Waals surface area contributed by atoms with Crippen molar-refractivity contribution in [1.82, 2.24) is 15.5 Å². The molecule has 2 heterocycles. The molecule has 2 amide bonds. The summed E-state index contributed by atoms with van der Waals surface area (Å²) >= 11 is 0. The van der Waals surface area contributed by atoms with Gasteiger partial charge in [0.2, 0.25) is 5.91 Å². The molecule has 202 valence electrons. The Kier molecular flexibility index (Phi) is 9.55. The first-order chi connectivity index (χ1) is 18.5. The highest BCUT2D eigenvalue weighted by atomic mass is 16.5. The summed E-state index contributed by atoms with van der Waals surface area (Å²) in [4.78, 5) is 42.8. The van der Waals surface area contributed by atoms with E-state index in [4.69, 9.17) is 4.74 Å². The van der Waals surface area contributed by atoms with E-state index in [-0.39, 0.29) is 25.4 Å². The van der Waals surface area contributed by atoms with E-state index in [0.717, 1.165) is 49.6 Å². The third-order valence-electron chi connectivity index (χ3n) is 6.82. The van der Waals surface area contributed by atoms with Gasteiger partial charge in [0, 0.05) is 38.3 Å². The Bertz CT molecular complexity index is 1130. The number of guanidine groups is 1. The normalized spacial score (nSPS) is 16.5. The molecule has 1 fully saturated rings. The molecule has 10 heteroatoms. The van der Waals surface area contributed by atoms with Gasteiger partial charge >= 0.3 is 12.1 Å². The van der Waals surface area contributed by atoms with Crippen molar-refractivity contribution >= 4 is 29.6 Å². The third kappa shape index (κ3) is 7.96. The average molecular weight is 522 g/mol. The van der Waals surface area contributed by atoms with Crippen LogP contribution in [0.25, 0.3) is 0 Å². The van der Waals surface area contributed by atoms with Crippen LogP contribution in [0.4, 0.5) is 10.5 Å². The van der Waals surface area contributed by atoms with Crippen LogP contribution in [0.3, 0.4) is 0 Å². The minimum absolute atomic E-state index is 0.000168. The van der Waals surface area contributed by atoms with Crippen LogP contribution in [0, 0.1) is 0 Å². The van der Waals surface area contributed by atoms with Gasteiger partial charge in [-0.3, -0.25) is 9.79 Å². The number of anilines is 1. The third-order valence-corrected chi connectivity index (χ3v) is 6.82. The molecule has 0 aromatic heterocycles. The number of hydrogen-bond acceptors (Lipinski definition) is 7. The lowest BCUT2D eigenvalue weighted by Crippen LogP contribution is -2.43. The van der Waals surface area contributed by atoms with Gasteiger partial charge in [0.05, 0.1) is 0 Å². The summed E-state index contributed by atoms with van der Waals surface area (Å²) in [5.74, 6) is -0.163. The van der Waals surface area contributed by atoms with Gasteiger partial charge in [0.1, 0.15) is 12.6 Å². The van der Waals surface area contributed by atoms with Crippen molar-refractivity contribution in [2.45, 2.75) is 50.7 Å². The van der Waals surface area contributed by atoms with Crippen LogP contribution in [0.5, 0.6) is 0 Å². The Morgan fingerprint density at radius 3 is 2.61 bits per heavy atom. The van der Waals surface area contributed by atoms with Crippen molar-refractivity contribution in [3.05, 3.63) is 65.7 Å². The second-order valence-electron chi connectivity index (χ2n) is 9.55. The van der Waals surface area contributed by atoms with Gasteiger partial charge in [-0.15, -0.1) is 0 Å². The van der Waals surface area contributed by atoms with E-state index in [9.17, 15) is 19.5 Å². The van der Waals surface area contributed by atoms with Gasteiger partial charge in [0.15, 0.2) is 5.96 Å². The monoisotopic (exact) mass is 521 g/mol. The van der Waals surface area contributed by atoms with Crippen LogP contribution >= 0.6 is 0 Å². The lowest BCUT2D eigenvalue weighted by Gasteiger charge is -2.32. The van der Waals surface area contributed by atoms with Crippen LogP contribution in [0.15, 0.2) is 59.6 Å². The number of carboxylic acid groups (broad SMARTS) is 1. The number of carboxylic acids is 1. The molecule has 1 saturated heterocycles. The maximum atomic E-state index is 12.8. The molecule has 38 heavy (non-hydrogen) atoms. The Morgan fingerprint density at radius 2 is 1.89 bits per heavy atom. The Hall–Kier alpha value is -4.08. The first-order valence-electron chi connectivity index (χ1n) is 13.1. The molecule has 2 aromatic rings. The molecular formula is C28H35N5O5. The SMILES string of the molecule is O=C(NC(CCC(=O)N1CCC(c2cccc(NC3=NCCCN3)c2)CC1)C(=O)O)OCc1ccccc1. The number of amides is 2. The molecule has 2 aliphatic rings. The second-order valence-corrected chi connectivity index (χ2v) is 9.55. The number of carbonyl (C=O) groups excluding carboxylic acids is 2. The number of aliphatic carboxylic acids is 1. The molecule has 0 saturated carbocycles. The molecule has 1 atom stereocenters. The minimum Gasteiger partial charge on any atom is -0.480 e. The zero-order chi connectivity index (χ0) is 26.7. The van der Waals surface area contributed by atoms with E-state index in [0.29, 0.717) is 19.0 Å². The highest BCUT2D eigenvalue weighted by molar-refractivity contribution is 5.94. The molecular weight excluding hydrogens is 486 g/mol. The van der Waals surface area contributed by atoms with Gasteiger partial charge in [-0.05, 0) is 54.9 Å². The summed E-state index contributed by atoms with van der Waals surface area (Å²) in [6.45, 7) is 3.00. The molecule has 0 bridgehead atoms. The number of nitrogens with zero attached hydrogens (tertiary/aromatic N) is 2. The van der Waals surface area contributed by atoms with Crippen LogP contribution in [-0.2, 0) is 20.9 Å². The van der Waals surface area contributed by atoms with Gasteiger partial charge in [-0.2, -0.15) is 0 Å². The molecule has 4 N–H and O–H groups in total. The van der Waals surface area contributed by atoms with Crippen molar-refractivity contribution in [2.75, 3.05) is 31.5 Å². The van der Waals surface area contributed by atoms with Crippen molar-refractivity contribution in [1.29, 1.82) is 0 Å². The van der Waals surface area contributed by atoms with Gasteiger partial charge in [-0.25, -0.2) is 9.59 Å². The summed E-state index contributed by atoms with van der Waals surface area (Å²) in [5, 5.41) is 18.5. The van der Waals surface area contributed by atoms with E-state index in [1.165, 1.54) is 5.56 Å². The van der Waals surface area contributed by atoms with Crippen molar-refractivity contribution in [3.63, 3.8) is 0 Å². The summed E-state index contributed by atoms with van der Waals surface area (Å²) in [6.07, 6.45) is 1.92. The zero-order valence-corrected chi connectivity index (χ0v) is 21.4. The highest BCUT2D eigenvalue weighted by Gasteiger charge is 2.27. The van der Waals surface area contributed by atoms with Crippen molar-refractivity contribution < 1.29 is 24.2 Å². The average Bonchev–Trinajstić information content (AvgIpc) is 2.95. The largest absolute Gasteiger partial charge is 0.480 e. The topological polar surface area (TPSA) is 132 Å². The predicted octanol–water partition coefficient (Wildman–Crippen LogP) is 3.31. The number of likely N-dealkylation sites (tertiary alicyclic amines) is 1. The van der Waals surface area contributed by atoms with Gasteiger partial charge in [-0.1, -0.05) is 42.5 Å². The van der Waals surface area contributed by atoms with Crippen LogP contribution in [0.2, 0.25) is 0 Å². The van der Waals surface area contributed by atoms with Crippen LogP contribution in [0.1, 0.15) is 49.1 Å². The van der Waals surface area contributed by atoms with Gasteiger partial charge in [0.25, 0.3) is 0 Å². The number of ether oxygens (including phenoxy) is 1. The van der Waals surface area contributed by atoms with E-state index >= 15 is 0 Å². The Morgan fingerprint density at radius 1 is 1.11 bits per heavy atom. The standard InChI is InChI=1S/C28H35N5O5/c34-25(11-10-24(26(35)36)32-28(37)38-19-20-6-2-1-3-7-20)33-16-12-21(13-17-33)22-8-4-9-23(18-22)31-27-29-14-5-15-30-27/h1-4,6-9,18,21,24H,5,10-17,19H2,(H,32,37)(H,35,36)(H2,29,30,31). The fourth-order valence-electron chi connectivity index (χ4n) is 4.68. The van der Waals surface area contributed by atoms with Crippen LogP contribution < -0.4 is 16.0 Å². The zero-order valence-electron chi connectivity index (χ0n) is 21.4. The number of carbonyl (C=O) groups is 3. The number of alkyl carbamates (subject to hydrolysis) is 1. The molecule has 4 rings (SSSR count). The summed E-state index contributed by atoms with van der Waals surface area (Å²) in [6, 6.07) is 16.2. The maximum Gasteiger partial charge on any atom is 0.408 e. The molecule has 2 aliphatic heterocycles. The fraction of sp³-hybridized carbons (Fsp3) is 0.429. The second kappa shape index (κ2) is 13.5. The van der Waals surface area contributed by atoms with Crippen molar-refractivity contribution in [2.24, 2.45) is 4.99 Å². The first kappa shape index (κ1) is 27.0. The molecule has 10 nitrogen and oxygen atoms in total. The Balaban J connectivity index is 1.21. The first-order valence-corrected chi connectivity index (χ1v) is 13.1. The number of nitrogens with one attached hydrogen (secondary N) is 3. The number of rotatable bonds is 9.